The van der Waals surface area contributed by atoms with E-state index >= 15 is 0 Å². The van der Waals surface area contributed by atoms with Gasteiger partial charge in [0.05, 0.1) is 5.56 Å². The van der Waals surface area contributed by atoms with Gasteiger partial charge in [0.15, 0.2) is 6.10 Å². The number of ketones is 1. The number of ether oxygens (including phenoxy) is 1. The molecule has 0 bridgehead atoms. The molecule has 1 unspecified atom stereocenters. The summed E-state index contributed by atoms with van der Waals surface area (Å²) >= 11 is 0. The zero-order valence-corrected chi connectivity index (χ0v) is 21.0. The Morgan fingerprint density at radius 3 is 2.15 bits per heavy atom. The van der Waals surface area contributed by atoms with Crippen LogP contribution in [0.4, 0.5) is 0 Å². The highest BCUT2D eigenvalue weighted by molar-refractivity contribution is 6.00. The molecule has 1 saturated carbocycles. The standard InChI is InChI=1S/C30H44O3/c1-4-7-9-10-11-13-14-24-16-18-25(19-17-24)26-20-22-27(23-21-26)30(32)33-29(28(31)6-3)15-12-8-5-2/h3,20-25,29H,4-5,7-19H2,1-2H3/t24-,25-,29?. The second-order valence-corrected chi connectivity index (χ2v) is 9.79. The molecule has 0 N–H and O–H groups in total. The van der Waals surface area contributed by atoms with Gasteiger partial charge >= 0.3 is 5.97 Å². The Morgan fingerprint density at radius 1 is 0.909 bits per heavy atom. The molecule has 1 aliphatic carbocycles. The number of carbonyl (C=O) groups is 2. The first-order valence-electron chi connectivity index (χ1n) is 13.4. The summed E-state index contributed by atoms with van der Waals surface area (Å²) in [6, 6.07) is 7.79. The van der Waals surface area contributed by atoms with Crippen LogP contribution in [0.15, 0.2) is 24.3 Å². The number of rotatable bonds is 15. The molecule has 0 spiro atoms. The molecule has 0 heterocycles. The van der Waals surface area contributed by atoms with Crippen molar-refractivity contribution in [3.05, 3.63) is 35.4 Å². The minimum Gasteiger partial charge on any atom is -0.450 e. The van der Waals surface area contributed by atoms with E-state index in [1.807, 2.05) is 12.1 Å². The van der Waals surface area contributed by atoms with Gasteiger partial charge in [-0.2, -0.15) is 0 Å². The molecule has 0 amide bonds. The van der Waals surface area contributed by atoms with Crippen LogP contribution in [-0.4, -0.2) is 17.9 Å². The van der Waals surface area contributed by atoms with E-state index in [-0.39, 0.29) is 0 Å². The van der Waals surface area contributed by atoms with E-state index in [0.717, 1.165) is 25.2 Å². The van der Waals surface area contributed by atoms with Crippen molar-refractivity contribution in [2.75, 3.05) is 0 Å². The maximum absolute atomic E-state index is 12.6. The van der Waals surface area contributed by atoms with Gasteiger partial charge in [0.2, 0.25) is 5.78 Å². The lowest BCUT2D eigenvalue weighted by molar-refractivity contribution is -0.122. The topological polar surface area (TPSA) is 43.4 Å². The highest BCUT2D eigenvalue weighted by Gasteiger charge is 2.24. The van der Waals surface area contributed by atoms with Crippen LogP contribution in [0, 0.1) is 18.3 Å². The molecule has 1 atom stereocenters. The molecule has 3 heteroatoms. The van der Waals surface area contributed by atoms with Crippen LogP contribution < -0.4 is 0 Å². The predicted molar refractivity (Wildman–Crippen MR) is 136 cm³/mol. The van der Waals surface area contributed by atoms with E-state index in [2.05, 4.69) is 31.9 Å². The molecule has 1 aromatic carbocycles. The molecular formula is C30H44O3. The van der Waals surface area contributed by atoms with Gasteiger partial charge in [0, 0.05) is 0 Å². The fourth-order valence-electron chi connectivity index (χ4n) is 5.00. The summed E-state index contributed by atoms with van der Waals surface area (Å²) in [5, 5.41) is 0. The Morgan fingerprint density at radius 2 is 1.52 bits per heavy atom. The minimum absolute atomic E-state index is 0.450. The quantitative estimate of drug-likeness (QED) is 0.117. The molecule has 3 nitrogen and oxygen atoms in total. The molecule has 0 aromatic heterocycles. The second kappa shape index (κ2) is 15.7. The van der Waals surface area contributed by atoms with Crippen molar-refractivity contribution in [3.8, 4) is 12.3 Å². The Hall–Kier alpha value is -2.08. The Balaban J connectivity index is 1.78. The Labute approximate surface area is 202 Å². The SMILES string of the molecule is C#CC(=O)C(CCCCC)OC(=O)c1ccc([C@H]2CC[C@H](CCCCCCCC)CC2)cc1. The average Bonchev–Trinajstić information content (AvgIpc) is 2.85. The van der Waals surface area contributed by atoms with Crippen molar-refractivity contribution in [2.24, 2.45) is 5.92 Å². The zero-order chi connectivity index (χ0) is 23.9. The molecule has 0 radical (unpaired) electrons. The van der Waals surface area contributed by atoms with Gasteiger partial charge in [-0.15, -0.1) is 6.42 Å². The minimum atomic E-state index is -0.837. The van der Waals surface area contributed by atoms with Crippen LogP contribution >= 0.6 is 0 Å². The van der Waals surface area contributed by atoms with E-state index < -0.39 is 17.9 Å². The second-order valence-electron chi connectivity index (χ2n) is 9.79. The first-order valence-corrected chi connectivity index (χ1v) is 13.4. The lowest BCUT2D eigenvalue weighted by Crippen LogP contribution is -2.26. The van der Waals surface area contributed by atoms with Gasteiger partial charge in [-0.3, -0.25) is 4.79 Å². The molecule has 2 rings (SSSR count). The third-order valence-corrected chi connectivity index (χ3v) is 7.18. The number of benzene rings is 1. The van der Waals surface area contributed by atoms with Crippen molar-refractivity contribution in [1.29, 1.82) is 0 Å². The van der Waals surface area contributed by atoms with Gasteiger partial charge < -0.3 is 4.74 Å². The van der Waals surface area contributed by atoms with Crippen LogP contribution in [0.25, 0.3) is 0 Å². The van der Waals surface area contributed by atoms with Gasteiger partial charge in [-0.05, 0) is 74.0 Å². The number of esters is 1. The summed E-state index contributed by atoms with van der Waals surface area (Å²) in [6.07, 6.45) is 22.5. The Kier molecular flexibility index (Phi) is 12.9. The lowest BCUT2D eigenvalue weighted by Gasteiger charge is -2.29. The third-order valence-electron chi connectivity index (χ3n) is 7.18. The fraction of sp³-hybridized carbons (Fsp3) is 0.667. The molecule has 1 aromatic rings. The lowest BCUT2D eigenvalue weighted by atomic mass is 9.77. The number of hydrogen-bond acceptors (Lipinski definition) is 3. The van der Waals surface area contributed by atoms with E-state index in [1.54, 1.807) is 0 Å². The summed E-state index contributed by atoms with van der Waals surface area (Å²) < 4.78 is 5.47. The molecule has 0 aliphatic heterocycles. The van der Waals surface area contributed by atoms with Crippen molar-refractivity contribution in [3.63, 3.8) is 0 Å². The van der Waals surface area contributed by atoms with Gasteiger partial charge in [0.1, 0.15) is 0 Å². The molecule has 1 fully saturated rings. The van der Waals surface area contributed by atoms with Crippen molar-refractivity contribution < 1.29 is 14.3 Å². The summed E-state index contributed by atoms with van der Waals surface area (Å²) in [7, 11) is 0. The average molecular weight is 453 g/mol. The number of hydrogen-bond donors (Lipinski definition) is 0. The molecule has 33 heavy (non-hydrogen) atoms. The van der Waals surface area contributed by atoms with Crippen molar-refractivity contribution >= 4 is 11.8 Å². The summed E-state index contributed by atoms with van der Waals surface area (Å²) in [5.74, 6) is 2.67. The maximum atomic E-state index is 12.6. The predicted octanol–water partition coefficient (Wildman–Crippen LogP) is 8.02. The molecule has 182 valence electrons. The van der Waals surface area contributed by atoms with Crippen LogP contribution in [0.3, 0.4) is 0 Å². The summed E-state index contributed by atoms with van der Waals surface area (Å²) in [5.41, 5.74) is 1.80. The van der Waals surface area contributed by atoms with Crippen LogP contribution in [-0.2, 0) is 9.53 Å². The van der Waals surface area contributed by atoms with Crippen molar-refractivity contribution in [1.82, 2.24) is 0 Å². The molecule has 1 aliphatic rings. The van der Waals surface area contributed by atoms with E-state index in [9.17, 15) is 9.59 Å². The monoisotopic (exact) mass is 452 g/mol. The summed E-state index contributed by atoms with van der Waals surface area (Å²) in [6.45, 7) is 4.36. The molecular weight excluding hydrogens is 408 g/mol. The van der Waals surface area contributed by atoms with Crippen LogP contribution in [0.5, 0.6) is 0 Å². The largest absolute Gasteiger partial charge is 0.450 e. The highest BCUT2D eigenvalue weighted by Crippen LogP contribution is 2.37. The number of carbonyl (C=O) groups excluding carboxylic acids is 2. The summed E-state index contributed by atoms with van der Waals surface area (Å²) in [4.78, 5) is 24.6. The maximum Gasteiger partial charge on any atom is 0.338 e. The fourth-order valence-corrected chi connectivity index (χ4v) is 5.00. The van der Waals surface area contributed by atoms with Gasteiger partial charge in [-0.25, -0.2) is 4.79 Å². The highest BCUT2D eigenvalue weighted by atomic mass is 16.5. The normalized spacial score (nSPS) is 18.9. The molecule has 0 saturated heterocycles. The number of unbranched alkanes of at least 4 members (excludes halogenated alkanes) is 7. The number of terminal acetylenes is 1. The van der Waals surface area contributed by atoms with E-state index in [0.29, 0.717) is 17.9 Å². The first kappa shape index (κ1) is 27.2. The zero-order valence-electron chi connectivity index (χ0n) is 21.0. The first-order chi connectivity index (χ1) is 16.1. The number of Topliss-reactive ketones (excluding diaryl/α,β-unsaturated/α-hetero) is 1. The van der Waals surface area contributed by atoms with Gasteiger partial charge in [-0.1, -0.05) is 83.8 Å². The van der Waals surface area contributed by atoms with E-state index in [4.69, 9.17) is 11.2 Å². The van der Waals surface area contributed by atoms with E-state index in [1.165, 1.54) is 76.2 Å². The smallest absolute Gasteiger partial charge is 0.338 e. The third kappa shape index (κ3) is 9.75. The van der Waals surface area contributed by atoms with Gasteiger partial charge in [0.25, 0.3) is 0 Å². The Bertz CT molecular complexity index is 735. The van der Waals surface area contributed by atoms with Crippen molar-refractivity contribution in [2.45, 2.75) is 122 Å². The van der Waals surface area contributed by atoms with Crippen LogP contribution in [0.2, 0.25) is 0 Å². The van der Waals surface area contributed by atoms with Crippen LogP contribution in [0.1, 0.15) is 132 Å².